The highest BCUT2D eigenvalue weighted by molar-refractivity contribution is 5.75. The van der Waals surface area contributed by atoms with Crippen LogP contribution in [0.5, 0.6) is 0 Å². The Balaban J connectivity index is 3.28. The Labute approximate surface area is 113 Å². The maximum Gasteiger partial charge on any atom is 0.323 e. The Morgan fingerprint density at radius 3 is 2.65 bits per heavy atom. The maximum atomic E-state index is 13.0. The molecule has 108 valence electrons. The average molecular weight is 286 g/mol. The fraction of sp³-hybridized carbons (Fsp3) is 0.250. The number of rotatable bonds is 7. The standard InChI is InChI=1S/C12H12F2N2O4/c1-2-5-15(7-11(17)18)10-4-3-8(16(19)20)6-9(10)12(13)14/h2-4,6,12H,1,5,7H2,(H,17,18). The molecule has 0 amide bonds. The number of halogens is 2. The highest BCUT2D eigenvalue weighted by Gasteiger charge is 2.22. The van der Waals surface area contributed by atoms with Gasteiger partial charge < -0.3 is 10.0 Å². The number of nitro groups is 1. The highest BCUT2D eigenvalue weighted by Crippen LogP contribution is 2.33. The van der Waals surface area contributed by atoms with E-state index in [9.17, 15) is 23.7 Å². The number of hydrogen-bond donors (Lipinski definition) is 1. The lowest BCUT2D eigenvalue weighted by atomic mass is 10.1. The van der Waals surface area contributed by atoms with Gasteiger partial charge in [0, 0.05) is 29.9 Å². The lowest BCUT2D eigenvalue weighted by Gasteiger charge is -2.23. The van der Waals surface area contributed by atoms with E-state index in [1.165, 1.54) is 6.08 Å². The monoisotopic (exact) mass is 286 g/mol. The Kier molecular flexibility index (Phi) is 5.13. The van der Waals surface area contributed by atoms with Gasteiger partial charge in [-0.3, -0.25) is 14.9 Å². The Bertz CT molecular complexity index is 534. The molecule has 8 heteroatoms. The summed E-state index contributed by atoms with van der Waals surface area (Å²) in [6.07, 6.45) is -1.59. The third-order valence-electron chi connectivity index (χ3n) is 2.47. The van der Waals surface area contributed by atoms with Crippen LogP contribution in [0, 0.1) is 10.1 Å². The second-order valence-corrected chi connectivity index (χ2v) is 3.86. The number of carbonyl (C=O) groups is 1. The number of aliphatic carboxylic acids is 1. The summed E-state index contributed by atoms with van der Waals surface area (Å²) in [6, 6.07) is 2.92. The molecule has 0 saturated carbocycles. The van der Waals surface area contributed by atoms with E-state index >= 15 is 0 Å². The average Bonchev–Trinajstić information content (AvgIpc) is 2.36. The maximum absolute atomic E-state index is 13.0. The van der Waals surface area contributed by atoms with Crippen molar-refractivity contribution in [3.05, 3.63) is 46.5 Å². The van der Waals surface area contributed by atoms with Crippen molar-refractivity contribution >= 4 is 17.3 Å². The van der Waals surface area contributed by atoms with Crippen molar-refractivity contribution in [2.75, 3.05) is 18.0 Å². The molecular formula is C12H12F2N2O4. The predicted molar refractivity (Wildman–Crippen MR) is 68.1 cm³/mol. The van der Waals surface area contributed by atoms with Crippen LogP contribution in [0.3, 0.4) is 0 Å². The molecule has 0 aliphatic rings. The largest absolute Gasteiger partial charge is 0.480 e. The van der Waals surface area contributed by atoms with E-state index in [-0.39, 0.29) is 12.2 Å². The molecule has 0 unspecified atom stereocenters. The summed E-state index contributed by atoms with van der Waals surface area (Å²) >= 11 is 0. The molecular weight excluding hydrogens is 274 g/mol. The molecule has 0 saturated heterocycles. The van der Waals surface area contributed by atoms with Gasteiger partial charge in [0.2, 0.25) is 0 Å². The van der Waals surface area contributed by atoms with Crippen molar-refractivity contribution in [3.63, 3.8) is 0 Å². The lowest BCUT2D eigenvalue weighted by molar-refractivity contribution is -0.385. The topological polar surface area (TPSA) is 83.7 Å². The van der Waals surface area contributed by atoms with E-state index in [0.717, 1.165) is 23.1 Å². The summed E-state index contributed by atoms with van der Waals surface area (Å²) in [5.74, 6) is -1.20. The number of nitrogens with zero attached hydrogens (tertiary/aromatic N) is 2. The molecule has 1 rings (SSSR count). The zero-order chi connectivity index (χ0) is 15.3. The van der Waals surface area contributed by atoms with Crippen LogP contribution in [0.2, 0.25) is 0 Å². The molecule has 20 heavy (non-hydrogen) atoms. The molecule has 0 bridgehead atoms. The fourth-order valence-electron chi connectivity index (χ4n) is 1.69. The summed E-state index contributed by atoms with van der Waals surface area (Å²) in [7, 11) is 0. The van der Waals surface area contributed by atoms with E-state index in [0.29, 0.717) is 0 Å². The first-order chi connectivity index (χ1) is 9.36. The van der Waals surface area contributed by atoms with E-state index in [4.69, 9.17) is 5.11 Å². The molecule has 0 atom stereocenters. The van der Waals surface area contributed by atoms with Gasteiger partial charge in [0.25, 0.3) is 12.1 Å². The minimum atomic E-state index is -2.95. The molecule has 1 aromatic carbocycles. The normalized spacial score (nSPS) is 10.3. The third kappa shape index (κ3) is 3.74. The SMILES string of the molecule is C=CCN(CC(=O)O)c1ccc([N+](=O)[O-])cc1C(F)F. The van der Waals surface area contributed by atoms with Crippen LogP contribution < -0.4 is 4.90 Å². The molecule has 0 spiro atoms. The molecule has 0 radical (unpaired) electrons. The van der Waals surface area contributed by atoms with Crippen LogP contribution in [0.4, 0.5) is 20.2 Å². The van der Waals surface area contributed by atoms with Crippen molar-refractivity contribution in [1.82, 2.24) is 0 Å². The highest BCUT2D eigenvalue weighted by atomic mass is 19.3. The minimum Gasteiger partial charge on any atom is -0.480 e. The summed E-state index contributed by atoms with van der Waals surface area (Å²) in [6.45, 7) is 2.94. The number of anilines is 1. The fourth-order valence-corrected chi connectivity index (χ4v) is 1.69. The Morgan fingerprint density at radius 1 is 1.55 bits per heavy atom. The van der Waals surface area contributed by atoms with Gasteiger partial charge in [-0.25, -0.2) is 8.78 Å². The van der Waals surface area contributed by atoms with Crippen molar-refractivity contribution in [2.24, 2.45) is 0 Å². The molecule has 0 aliphatic carbocycles. The molecule has 0 fully saturated rings. The first kappa shape index (κ1) is 15.5. The molecule has 1 N–H and O–H groups in total. The number of carboxylic acid groups (broad SMARTS) is 1. The third-order valence-corrected chi connectivity index (χ3v) is 2.47. The van der Waals surface area contributed by atoms with Crippen LogP contribution in [0.15, 0.2) is 30.9 Å². The van der Waals surface area contributed by atoms with Gasteiger partial charge >= 0.3 is 5.97 Å². The van der Waals surface area contributed by atoms with Crippen LogP contribution in [0.25, 0.3) is 0 Å². The van der Waals surface area contributed by atoms with Gasteiger partial charge in [-0.05, 0) is 6.07 Å². The lowest BCUT2D eigenvalue weighted by Crippen LogP contribution is -2.30. The second kappa shape index (κ2) is 6.60. The number of nitro benzene ring substituents is 1. The van der Waals surface area contributed by atoms with Crippen molar-refractivity contribution in [2.45, 2.75) is 6.43 Å². The van der Waals surface area contributed by atoms with Crippen molar-refractivity contribution in [3.8, 4) is 0 Å². The molecule has 0 aromatic heterocycles. The van der Waals surface area contributed by atoms with Gasteiger partial charge in [-0.15, -0.1) is 6.58 Å². The quantitative estimate of drug-likeness (QED) is 0.473. The number of non-ortho nitro benzene ring substituents is 1. The van der Waals surface area contributed by atoms with E-state index in [1.807, 2.05) is 0 Å². The van der Waals surface area contributed by atoms with Crippen LogP contribution in [0.1, 0.15) is 12.0 Å². The first-order valence-electron chi connectivity index (χ1n) is 5.51. The summed E-state index contributed by atoms with van der Waals surface area (Å²) in [5.41, 5.74) is -1.12. The summed E-state index contributed by atoms with van der Waals surface area (Å²) < 4.78 is 26.0. The first-order valence-corrected chi connectivity index (χ1v) is 5.51. The minimum absolute atomic E-state index is 0.0316. The van der Waals surface area contributed by atoms with Gasteiger partial charge in [0.15, 0.2) is 0 Å². The Hall–Kier alpha value is -2.51. The van der Waals surface area contributed by atoms with Gasteiger partial charge in [0.05, 0.1) is 4.92 Å². The second-order valence-electron chi connectivity index (χ2n) is 3.86. The van der Waals surface area contributed by atoms with E-state index in [1.54, 1.807) is 0 Å². The van der Waals surface area contributed by atoms with Crippen molar-refractivity contribution in [1.29, 1.82) is 0 Å². The van der Waals surface area contributed by atoms with E-state index < -0.39 is 35.1 Å². The predicted octanol–water partition coefficient (Wildman–Crippen LogP) is 2.61. The Morgan fingerprint density at radius 2 is 2.20 bits per heavy atom. The number of hydrogen-bond acceptors (Lipinski definition) is 4. The van der Waals surface area contributed by atoms with Crippen LogP contribution in [-0.2, 0) is 4.79 Å². The molecule has 6 nitrogen and oxygen atoms in total. The van der Waals surface area contributed by atoms with Gasteiger partial charge in [-0.1, -0.05) is 6.08 Å². The number of benzene rings is 1. The van der Waals surface area contributed by atoms with Gasteiger partial charge in [-0.2, -0.15) is 0 Å². The van der Waals surface area contributed by atoms with Crippen LogP contribution >= 0.6 is 0 Å². The molecule has 0 heterocycles. The van der Waals surface area contributed by atoms with Crippen LogP contribution in [-0.4, -0.2) is 29.1 Å². The number of carboxylic acids is 1. The number of alkyl halides is 2. The van der Waals surface area contributed by atoms with Gasteiger partial charge in [0.1, 0.15) is 6.54 Å². The molecule has 1 aromatic rings. The molecule has 0 aliphatic heterocycles. The van der Waals surface area contributed by atoms with E-state index in [2.05, 4.69) is 6.58 Å². The zero-order valence-corrected chi connectivity index (χ0v) is 10.3. The smallest absolute Gasteiger partial charge is 0.323 e. The zero-order valence-electron chi connectivity index (χ0n) is 10.3. The summed E-state index contributed by atoms with van der Waals surface area (Å²) in [5, 5.41) is 19.4. The van der Waals surface area contributed by atoms with Crippen molar-refractivity contribution < 1.29 is 23.6 Å². The summed E-state index contributed by atoms with van der Waals surface area (Å²) in [4.78, 5) is 21.7.